The predicted molar refractivity (Wildman–Crippen MR) is 101 cm³/mol. The highest BCUT2D eigenvalue weighted by atomic mass is 16.5. The van der Waals surface area contributed by atoms with Crippen LogP contribution >= 0.6 is 0 Å². The molecule has 6 heteroatoms. The van der Waals surface area contributed by atoms with E-state index >= 15 is 0 Å². The van der Waals surface area contributed by atoms with Gasteiger partial charge in [-0.1, -0.05) is 30.3 Å². The van der Waals surface area contributed by atoms with Crippen molar-refractivity contribution >= 4 is 23.4 Å². The number of amides is 2. The fourth-order valence-corrected chi connectivity index (χ4v) is 3.04. The highest BCUT2D eigenvalue weighted by Crippen LogP contribution is 2.24. The van der Waals surface area contributed by atoms with Crippen LogP contribution < -0.4 is 10.6 Å². The monoisotopic (exact) mass is 353 g/mol. The summed E-state index contributed by atoms with van der Waals surface area (Å²) in [6.45, 7) is 1.62. The largest absolute Gasteiger partial charge is 0.453 e. The molecule has 0 spiro atoms. The van der Waals surface area contributed by atoms with Gasteiger partial charge >= 0.3 is 6.09 Å². The molecule has 2 aromatic rings. The molecular weight excluding hydrogens is 330 g/mol. The Morgan fingerprint density at radius 1 is 0.962 bits per heavy atom. The van der Waals surface area contributed by atoms with Crippen LogP contribution in [0.2, 0.25) is 0 Å². The predicted octanol–water partition coefficient (Wildman–Crippen LogP) is 3.64. The van der Waals surface area contributed by atoms with Crippen molar-refractivity contribution in [1.82, 2.24) is 4.90 Å². The Morgan fingerprint density at radius 3 is 2.19 bits per heavy atom. The zero-order valence-electron chi connectivity index (χ0n) is 14.8. The molecule has 0 radical (unpaired) electrons. The number of likely N-dealkylation sites (tertiary alicyclic amines) is 1. The molecule has 0 unspecified atom stereocenters. The number of benzene rings is 2. The van der Waals surface area contributed by atoms with E-state index in [2.05, 4.69) is 15.4 Å². The molecule has 1 aliphatic heterocycles. The number of anilines is 2. The maximum Gasteiger partial charge on any atom is 0.411 e. The first kappa shape index (κ1) is 17.8. The van der Waals surface area contributed by atoms with Crippen LogP contribution in [-0.4, -0.2) is 37.1 Å². The Kier molecular flexibility index (Phi) is 5.73. The second kappa shape index (κ2) is 8.38. The number of ether oxygens (including phenoxy) is 1. The molecule has 3 rings (SSSR count). The summed E-state index contributed by atoms with van der Waals surface area (Å²) in [6.07, 6.45) is 1.60. The summed E-state index contributed by atoms with van der Waals surface area (Å²) in [4.78, 5) is 26.2. The van der Waals surface area contributed by atoms with Crippen LogP contribution in [0.5, 0.6) is 0 Å². The third-order valence-electron chi connectivity index (χ3n) is 4.43. The van der Waals surface area contributed by atoms with Crippen molar-refractivity contribution in [1.29, 1.82) is 0 Å². The standard InChI is InChI=1S/C20H23N3O3/c1-26-20(25)22-17-11-9-16(10-12-17)21-18(15-7-3-2-4-8-15)19(24)23-13-5-6-14-23/h2-4,7-12,18,21H,5-6,13-14H2,1H3,(H,22,25)/t18-/m1/s1. The molecule has 1 atom stereocenters. The van der Waals surface area contributed by atoms with Crippen LogP contribution in [0.1, 0.15) is 24.4 Å². The van der Waals surface area contributed by atoms with Crippen molar-refractivity contribution < 1.29 is 14.3 Å². The molecule has 1 fully saturated rings. The molecule has 0 saturated carbocycles. The maximum absolute atomic E-state index is 13.0. The highest BCUT2D eigenvalue weighted by molar-refractivity contribution is 5.87. The first-order valence-electron chi connectivity index (χ1n) is 8.72. The zero-order chi connectivity index (χ0) is 18.4. The van der Waals surface area contributed by atoms with Crippen LogP contribution in [-0.2, 0) is 9.53 Å². The van der Waals surface area contributed by atoms with Gasteiger partial charge in [0.1, 0.15) is 6.04 Å². The van der Waals surface area contributed by atoms with E-state index in [0.717, 1.165) is 37.2 Å². The molecule has 1 heterocycles. The van der Waals surface area contributed by atoms with Crippen molar-refractivity contribution in [3.8, 4) is 0 Å². The number of rotatable bonds is 5. The van der Waals surface area contributed by atoms with E-state index in [1.54, 1.807) is 12.1 Å². The van der Waals surface area contributed by atoms with Crippen LogP contribution in [0.25, 0.3) is 0 Å². The third-order valence-corrected chi connectivity index (χ3v) is 4.43. The average molecular weight is 353 g/mol. The van der Waals surface area contributed by atoms with Crippen LogP contribution in [0.15, 0.2) is 54.6 Å². The summed E-state index contributed by atoms with van der Waals surface area (Å²) < 4.78 is 4.58. The molecule has 0 bridgehead atoms. The zero-order valence-corrected chi connectivity index (χ0v) is 14.8. The molecule has 2 N–H and O–H groups in total. The number of nitrogens with one attached hydrogen (secondary N) is 2. The Balaban J connectivity index is 1.77. The third kappa shape index (κ3) is 4.33. The molecule has 1 saturated heterocycles. The average Bonchev–Trinajstić information content (AvgIpc) is 3.22. The number of carbonyl (C=O) groups is 2. The molecule has 2 amide bonds. The minimum absolute atomic E-state index is 0.0884. The van der Waals surface area contributed by atoms with Gasteiger partial charge in [0.25, 0.3) is 0 Å². The Hall–Kier alpha value is -3.02. The van der Waals surface area contributed by atoms with E-state index in [1.807, 2.05) is 47.4 Å². The molecule has 0 aromatic heterocycles. The lowest BCUT2D eigenvalue weighted by atomic mass is 10.0. The van der Waals surface area contributed by atoms with Gasteiger partial charge in [0.05, 0.1) is 7.11 Å². The van der Waals surface area contributed by atoms with Gasteiger partial charge in [-0.05, 0) is 42.7 Å². The van der Waals surface area contributed by atoms with Gasteiger partial charge in [-0.3, -0.25) is 10.1 Å². The van der Waals surface area contributed by atoms with Crippen molar-refractivity contribution in [2.24, 2.45) is 0 Å². The lowest BCUT2D eigenvalue weighted by molar-refractivity contribution is -0.131. The summed E-state index contributed by atoms with van der Waals surface area (Å²) in [7, 11) is 1.32. The number of methoxy groups -OCH3 is 1. The molecule has 2 aromatic carbocycles. The highest BCUT2D eigenvalue weighted by Gasteiger charge is 2.27. The summed E-state index contributed by atoms with van der Waals surface area (Å²) in [5.74, 6) is 0.0884. The Bertz CT molecular complexity index is 741. The van der Waals surface area contributed by atoms with Gasteiger partial charge in [0, 0.05) is 24.5 Å². The fraction of sp³-hybridized carbons (Fsp3) is 0.300. The van der Waals surface area contributed by atoms with Gasteiger partial charge in [-0.15, -0.1) is 0 Å². The van der Waals surface area contributed by atoms with Crippen molar-refractivity contribution in [3.05, 3.63) is 60.2 Å². The van der Waals surface area contributed by atoms with E-state index in [-0.39, 0.29) is 5.91 Å². The van der Waals surface area contributed by atoms with Gasteiger partial charge in [0.2, 0.25) is 5.91 Å². The van der Waals surface area contributed by atoms with Crippen molar-refractivity contribution in [2.45, 2.75) is 18.9 Å². The molecule has 0 aliphatic carbocycles. The topological polar surface area (TPSA) is 70.7 Å². The summed E-state index contributed by atoms with van der Waals surface area (Å²) >= 11 is 0. The van der Waals surface area contributed by atoms with Crippen LogP contribution in [0.3, 0.4) is 0 Å². The number of nitrogens with zero attached hydrogens (tertiary/aromatic N) is 1. The Labute approximate surface area is 153 Å². The lowest BCUT2D eigenvalue weighted by Crippen LogP contribution is -2.36. The van der Waals surface area contributed by atoms with Gasteiger partial charge in [-0.2, -0.15) is 0 Å². The molecule has 26 heavy (non-hydrogen) atoms. The van der Waals surface area contributed by atoms with Crippen LogP contribution in [0, 0.1) is 0 Å². The van der Waals surface area contributed by atoms with Gasteiger partial charge in [0.15, 0.2) is 0 Å². The smallest absolute Gasteiger partial charge is 0.411 e. The van der Waals surface area contributed by atoms with Gasteiger partial charge in [-0.25, -0.2) is 4.79 Å². The minimum atomic E-state index is -0.517. The van der Waals surface area contributed by atoms with Crippen molar-refractivity contribution in [3.63, 3.8) is 0 Å². The quantitative estimate of drug-likeness (QED) is 0.861. The van der Waals surface area contributed by atoms with Crippen molar-refractivity contribution in [2.75, 3.05) is 30.8 Å². The van der Waals surface area contributed by atoms with Crippen LogP contribution in [0.4, 0.5) is 16.2 Å². The number of hydrogen-bond donors (Lipinski definition) is 2. The molecule has 6 nitrogen and oxygen atoms in total. The second-order valence-corrected chi connectivity index (χ2v) is 6.21. The minimum Gasteiger partial charge on any atom is -0.453 e. The fourth-order valence-electron chi connectivity index (χ4n) is 3.04. The summed E-state index contributed by atoms with van der Waals surface area (Å²) in [6, 6.07) is 16.5. The van der Waals surface area contributed by atoms with E-state index in [9.17, 15) is 9.59 Å². The normalized spacial score (nSPS) is 14.6. The lowest BCUT2D eigenvalue weighted by Gasteiger charge is -2.25. The summed E-state index contributed by atoms with van der Waals surface area (Å²) in [5.41, 5.74) is 2.37. The first-order chi connectivity index (χ1) is 12.7. The second-order valence-electron chi connectivity index (χ2n) is 6.21. The SMILES string of the molecule is COC(=O)Nc1ccc(N[C@@H](C(=O)N2CCCC2)c2ccccc2)cc1. The van der Waals surface area contributed by atoms with E-state index in [4.69, 9.17) is 0 Å². The first-order valence-corrected chi connectivity index (χ1v) is 8.72. The molecule has 1 aliphatic rings. The number of hydrogen-bond acceptors (Lipinski definition) is 4. The van der Waals surface area contributed by atoms with E-state index < -0.39 is 12.1 Å². The molecular formula is C20H23N3O3. The summed E-state index contributed by atoms with van der Waals surface area (Å²) in [5, 5.41) is 5.94. The maximum atomic E-state index is 13.0. The van der Waals surface area contributed by atoms with E-state index in [1.165, 1.54) is 7.11 Å². The van der Waals surface area contributed by atoms with Gasteiger partial charge < -0.3 is 15.0 Å². The molecule has 136 valence electrons. The van der Waals surface area contributed by atoms with E-state index in [0.29, 0.717) is 5.69 Å². The number of carbonyl (C=O) groups excluding carboxylic acids is 2. The Morgan fingerprint density at radius 2 is 1.58 bits per heavy atom.